The SMILES string of the molecule is Cc1cc(-c2cnc(N(C)C)nc2-c2ccc(CNC(=O)[C@@H]3C[C@@H]3C)cc2)on1. The summed E-state index contributed by atoms with van der Waals surface area (Å²) in [7, 11) is 3.81. The van der Waals surface area contributed by atoms with Gasteiger partial charge in [-0.1, -0.05) is 36.3 Å². The van der Waals surface area contributed by atoms with Gasteiger partial charge >= 0.3 is 0 Å². The van der Waals surface area contributed by atoms with E-state index in [1.165, 1.54) is 0 Å². The van der Waals surface area contributed by atoms with Crippen LogP contribution in [0.4, 0.5) is 5.95 Å². The highest BCUT2D eigenvalue weighted by molar-refractivity contribution is 5.81. The molecule has 0 spiro atoms. The third-order valence-corrected chi connectivity index (χ3v) is 5.21. The van der Waals surface area contributed by atoms with Gasteiger partial charge in [0.15, 0.2) is 5.76 Å². The first-order valence-electron chi connectivity index (χ1n) is 9.77. The van der Waals surface area contributed by atoms with Gasteiger partial charge in [-0.3, -0.25) is 4.79 Å². The maximum absolute atomic E-state index is 12.0. The molecule has 1 saturated carbocycles. The number of benzene rings is 1. The van der Waals surface area contributed by atoms with Gasteiger partial charge in [-0.25, -0.2) is 9.97 Å². The Hall–Kier alpha value is -3.22. The number of aryl methyl sites for hydroxylation is 1. The minimum atomic E-state index is 0.149. The van der Waals surface area contributed by atoms with Gasteiger partial charge in [0, 0.05) is 44.4 Å². The first-order chi connectivity index (χ1) is 13.9. The molecule has 2 aromatic heterocycles. The number of carbonyl (C=O) groups excluding carboxylic acids is 1. The second-order valence-electron chi connectivity index (χ2n) is 7.89. The monoisotopic (exact) mass is 391 g/mol. The van der Waals surface area contributed by atoms with Gasteiger partial charge in [0.2, 0.25) is 11.9 Å². The predicted molar refractivity (Wildman–Crippen MR) is 111 cm³/mol. The molecule has 1 amide bonds. The van der Waals surface area contributed by atoms with Gasteiger partial charge in [0.05, 0.1) is 17.0 Å². The fourth-order valence-electron chi connectivity index (χ4n) is 3.27. The molecule has 2 atom stereocenters. The zero-order chi connectivity index (χ0) is 20.5. The Balaban J connectivity index is 1.59. The number of nitrogens with zero attached hydrogens (tertiary/aromatic N) is 4. The third-order valence-electron chi connectivity index (χ3n) is 5.21. The molecule has 150 valence electrons. The van der Waals surface area contributed by atoms with E-state index in [1.54, 1.807) is 6.20 Å². The first-order valence-corrected chi connectivity index (χ1v) is 9.77. The van der Waals surface area contributed by atoms with Crippen LogP contribution in [-0.4, -0.2) is 35.1 Å². The van der Waals surface area contributed by atoms with E-state index in [2.05, 4.69) is 22.4 Å². The summed E-state index contributed by atoms with van der Waals surface area (Å²) in [6.07, 6.45) is 2.76. The normalized spacial score (nSPS) is 17.8. The molecule has 0 unspecified atom stereocenters. The standard InChI is InChI=1S/C22H25N5O2/c1-13-9-17(13)21(28)23-11-15-5-7-16(8-6-15)20-18(19-10-14(2)26-29-19)12-24-22(25-20)27(3)4/h5-8,10,12-13,17H,9,11H2,1-4H3,(H,23,28)/t13-,17+/m0/s1. The summed E-state index contributed by atoms with van der Waals surface area (Å²) in [6.45, 7) is 4.52. The zero-order valence-electron chi connectivity index (χ0n) is 17.1. The lowest BCUT2D eigenvalue weighted by Crippen LogP contribution is -2.24. The lowest BCUT2D eigenvalue weighted by molar-refractivity contribution is -0.122. The average Bonchev–Trinajstić information content (AvgIpc) is 3.30. The number of amides is 1. The Kier molecular flexibility index (Phi) is 5.05. The van der Waals surface area contributed by atoms with Crippen LogP contribution in [0.5, 0.6) is 0 Å². The highest BCUT2D eigenvalue weighted by Gasteiger charge is 2.38. The van der Waals surface area contributed by atoms with Gasteiger partial charge in [0.1, 0.15) is 0 Å². The van der Waals surface area contributed by atoms with E-state index in [9.17, 15) is 4.79 Å². The van der Waals surface area contributed by atoms with Crippen molar-refractivity contribution in [3.8, 4) is 22.6 Å². The number of nitrogens with one attached hydrogen (secondary N) is 1. The molecule has 1 aliphatic rings. The van der Waals surface area contributed by atoms with Crippen LogP contribution in [0.1, 0.15) is 24.6 Å². The smallest absolute Gasteiger partial charge is 0.225 e. The summed E-state index contributed by atoms with van der Waals surface area (Å²) < 4.78 is 5.45. The fourth-order valence-corrected chi connectivity index (χ4v) is 3.27. The highest BCUT2D eigenvalue weighted by atomic mass is 16.5. The van der Waals surface area contributed by atoms with Crippen LogP contribution in [0.25, 0.3) is 22.6 Å². The average molecular weight is 391 g/mol. The number of anilines is 1. The van der Waals surface area contributed by atoms with E-state index in [0.717, 1.165) is 34.5 Å². The van der Waals surface area contributed by atoms with Crippen LogP contribution in [0, 0.1) is 18.8 Å². The molecule has 0 saturated heterocycles. The summed E-state index contributed by atoms with van der Waals surface area (Å²) in [5.41, 5.74) is 4.38. The van der Waals surface area contributed by atoms with Crippen molar-refractivity contribution < 1.29 is 9.32 Å². The Bertz CT molecular complexity index is 1030. The second-order valence-corrected chi connectivity index (χ2v) is 7.89. The number of hydrogen-bond acceptors (Lipinski definition) is 6. The van der Waals surface area contributed by atoms with E-state index in [4.69, 9.17) is 9.51 Å². The van der Waals surface area contributed by atoms with E-state index < -0.39 is 0 Å². The molecule has 7 nitrogen and oxygen atoms in total. The molecule has 0 bridgehead atoms. The van der Waals surface area contributed by atoms with Gasteiger partial charge < -0.3 is 14.7 Å². The number of rotatable bonds is 6. The zero-order valence-corrected chi connectivity index (χ0v) is 17.1. The quantitative estimate of drug-likeness (QED) is 0.693. The van der Waals surface area contributed by atoms with Crippen LogP contribution in [0.2, 0.25) is 0 Å². The van der Waals surface area contributed by atoms with E-state index in [1.807, 2.05) is 56.3 Å². The van der Waals surface area contributed by atoms with E-state index >= 15 is 0 Å². The summed E-state index contributed by atoms with van der Waals surface area (Å²) >= 11 is 0. The Morgan fingerprint density at radius 3 is 2.59 bits per heavy atom. The van der Waals surface area contributed by atoms with Crippen molar-refractivity contribution in [2.45, 2.75) is 26.8 Å². The predicted octanol–water partition coefficient (Wildman–Crippen LogP) is 3.45. The minimum absolute atomic E-state index is 0.149. The molecule has 0 radical (unpaired) electrons. The molecule has 1 aliphatic carbocycles. The maximum atomic E-state index is 12.0. The largest absolute Gasteiger partial charge is 0.356 e. The highest BCUT2D eigenvalue weighted by Crippen LogP contribution is 2.37. The van der Waals surface area contributed by atoms with Gasteiger partial charge in [0.25, 0.3) is 0 Å². The molecule has 4 rings (SSSR count). The lowest BCUT2D eigenvalue weighted by atomic mass is 10.0. The molecule has 0 aliphatic heterocycles. The Morgan fingerprint density at radius 1 is 1.28 bits per heavy atom. The van der Waals surface area contributed by atoms with Crippen LogP contribution in [-0.2, 0) is 11.3 Å². The summed E-state index contributed by atoms with van der Waals surface area (Å²) in [4.78, 5) is 23.0. The topological polar surface area (TPSA) is 84.2 Å². The molecule has 2 heterocycles. The number of aromatic nitrogens is 3. The molecule has 1 aromatic carbocycles. The van der Waals surface area contributed by atoms with Gasteiger partial charge in [-0.15, -0.1) is 0 Å². The molecule has 1 N–H and O–H groups in total. The lowest BCUT2D eigenvalue weighted by Gasteiger charge is -2.14. The van der Waals surface area contributed by atoms with E-state index in [0.29, 0.717) is 24.2 Å². The van der Waals surface area contributed by atoms with Crippen molar-refractivity contribution in [1.29, 1.82) is 0 Å². The van der Waals surface area contributed by atoms with Crippen molar-refractivity contribution in [2.24, 2.45) is 11.8 Å². The van der Waals surface area contributed by atoms with Crippen molar-refractivity contribution in [1.82, 2.24) is 20.4 Å². The van der Waals surface area contributed by atoms with Crippen molar-refractivity contribution >= 4 is 11.9 Å². The Labute approximate surface area is 170 Å². The summed E-state index contributed by atoms with van der Waals surface area (Å²) in [5.74, 6) is 2.11. The molecular weight excluding hydrogens is 366 g/mol. The molecular formula is C22H25N5O2. The summed E-state index contributed by atoms with van der Waals surface area (Å²) in [6, 6.07) is 9.92. The number of carbonyl (C=O) groups is 1. The van der Waals surface area contributed by atoms with E-state index in [-0.39, 0.29) is 11.8 Å². The van der Waals surface area contributed by atoms with Gasteiger partial charge in [-0.05, 0) is 24.8 Å². The molecule has 3 aromatic rings. The van der Waals surface area contributed by atoms with Crippen molar-refractivity contribution in [2.75, 3.05) is 19.0 Å². The van der Waals surface area contributed by atoms with Crippen molar-refractivity contribution in [3.63, 3.8) is 0 Å². The number of hydrogen-bond donors (Lipinski definition) is 1. The molecule has 29 heavy (non-hydrogen) atoms. The Morgan fingerprint density at radius 2 is 2.00 bits per heavy atom. The fraction of sp³-hybridized carbons (Fsp3) is 0.364. The van der Waals surface area contributed by atoms with Crippen LogP contribution in [0.3, 0.4) is 0 Å². The van der Waals surface area contributed by atoms with Crippen molar-refractivity contribution in [3.05, 3.63) is 47.8 Å². The van der Waals surface area contributed by atoms with Crippen LogP contribution < -0.4 is 10.2 Å². The molecule has 7 heteroatoms. The minimum Gasteiger partial charge on any atom is -0.356 e. The first kappa shape index (κ1) is 19.1. The second kappa shape index (κ2) is 7.66. The molecule has 1 fully saturated rings. The maximum Gasteiger partial charge on any atom is 0.225 e. The summed E-state index contributed by atoms with van der Waals surface area (Å²) in [5, 5.41) is 7.00. The van der Waals surface area contributed by atoms with Crippen LogP contribution >= 0.6 is 0 Å². The van der Waals surface area contributed by atoms with Gasteiger partial charge in [-0.2, -0.15) is 0 Å². The third kappa shape index (κ3) is 4.13. The van der Waals surface area contributed by atoms with Crippen LogP contribution in [0.15, 0.2) is 41.1 Å².